The normalized spacial score (nSPS) is 20.9. The van der Waals surface area contributed by atoms with Crippen LogP contribution >= 0.6 is 11.6 Å². The van der Waals surface area contributed by atoms with Crippen LogP contribution in [0, 0.1) is 0 Å². The van der Waals surface area contributed by atoms with E-state index in [2.05, 4.69) is 66.2 Å². The molecule has 2 nitrogen and oxygen atoms in total. The van der Waals surface area contributed by atoms with Crippen LogP contribution in [0.5, 0.6) is 0 Å². The number of fused-ring (bicyclic) bond motifs is 2. The van der Waals surface area contributed by atoms with Crippen LogP contribution in [0.2, 0.25) is 5.02 Å². The van der Waals surface area contributed by atoms with E-state index >= 15 is 0 Å². The van der Waals surface area contributed by atoms with Gasteiger partial charge in [0.2, 0.25) is 0 Å². The highest BCUT2D eigenvalue weighted by molar-refractivity contribution is 6.30. The summed E-state index contributed by atoms with van der Waals surface area (Å²) in [6.45, 7) is 6.62. The molecule has 0 spiro atoms. The van der Waals surface area contributed by atoms with Gasteiger partial charge >= 0.3 is 0 Å². The zero-order valence-electron chi connectivity index (χ0n) is 14.3. The van der Waals surface area contributed by atoms with Gasteiger partial charge in [-0.3, -0.25) is 0 Å². The fraction of sp³-hybridized carbons (Fsp3) is 0.333. The van der Waals surface area contributed by atoms with Crippen molar-refractivity contribution in [2.24, 2.45) is 0 Å². The number of piperazine rings is 1. The predicted molar refractivity (Wildman–Crippen MR) is 102 cm³/mol. The van der Waals surface area contributed by atoms with E-state index < -0.39 is 0 Å². The predicted octanol–water partition coefficient (Wildman–Crippen LogP) is 4.55. The number of benzene rings is 2. The van der Waals surface area contributed by atoms with Crippen molar-refractivity contribution >= 4 is 23.4 Å². The largest absolute Gasteiger partial charge is 0.368 e. The Bertz CT molecular complexity index is 788. The summed E-state index contributed by atoms with van der Waals surface area (Å²) >= 11 is 6.36. The van der Waals surface area contributed by atoms with Crippen LogP contribution in [0.25, 0.3) is 11.8 Å². The minimum absolute atomic E-state index is 0.370. The van der Waals surface area contributed by atoms with Crippen molar-refractivity contribution in [2.75, 3.05) is 33.2 Å². The molecule has 1 aliphatic heterocycles. The minimum atomic E-state index is 0.370. The molecule has 0 amide bonds. The van der Waals surface area contributed by atoms with Gasteiger partial charge in [0, 0.05) is 48.4 Å². The lowest BCUT2D eigenvalue weighted by Gasteiger charge is -2.36. The quantitative estimate of drug-likeness (QED) is 0.752. The molecule has 4 rings (SSSR count). The van der Waals surface area contributed by atoms with Crippen LogP contribution in [0.4, 0.5) is 0 Å². The molecule has 124 valence electrons. The Morgan fingerprint density at radius 1 is 0.958 bits per heavy atom. The second-order valence-corrected chi connectivity index (χ2v) is 7.34. The minimum Gasteiger partial charge on any atom is -0.368 e. The average molecular weight is 339 g/mol. The van der Waals surface area contributed by atoms with E-state index in [4.69, 9.17) is 11.6 Å². The number of hydrogen-bond donors (Lipinski definition) is 0. The highest BCUT2D eigenvalue weighted by atomic mass is 35.5. The van der Waals surface area contributed by atoms with Gasteiger partial charge in [0.15, 0.2) is 0 Å². The Labute approximate surface area is 149 Å². The summed E-state index contributed by atoms with van der Waals surface area (Å²) in [5, 5.41) is 0.812. The van der Waals surface area contributed by atoms with E-state index in [0.29, 0.717) is 5.92 Å². The van der Waals surface area contributed by atoms with Crippen LogP contribution in [0.3, 0.4) is 0 Å². The lowest BCUT2D eigenvalue weighted by molar-refractivity contribution is 0.208. The van der Waals surface area contributed by atoms with Gasteiger partial charge in [0.25, 0.3) is 0 Å². The van der Waals surface area contributed by atoms with Crippen LogP contribution in [-0.2, 0) is 0 Å². The van der Waals surface area contributed by atoms with Crippen molar-refractivity contribution in [3.05, 3.63) is 69.7 Å². The second kappa shape index (κ2) is 6.27. The van der Waals surface area contributed by atoms with Crippen LogP contribution in [-0.4, -0.2) is 43.0 Å². The smallest absolute Gasteiger partial charge is 0.0450 e. The highest BCUT2D eigenvalue weighted by Gasteiger charge is 2.25. The maximum Gasteiger partial charge on any atom is 0.0450 e. The summed E-state index contributed by atoms with van der Waals surface area (Å²) in [7, 11) is 2.20. The first-order valence-electron chi connectivity index (χ1n) is 8.67. The third-order valence-electron chi connectivity index (χ3n) is 5.36. The Kier molecular flexibility index (Phi) is 4.11. The van der Waals surface area contributed by atoms with Gasteiger partial charge in [-0.05, 0) is 41.9 Å². The number of likely N-dealkylation sites (N-methyl/N-ethyl adjacent to an activating group) is 1. The molecule has 0 N–H and O–H groups in total. The third kappa shape index (κ3) is 2.74. The molecule has 0 radical (unpaired) electrons. The number of nitrogens with zero attached hydrogens (tertiary/aromatic N) is 2. The van der Waals surface area contributed by atoms with Crippen molar-refractivity contribution in [3.8, 4) is 0 Å². The molecule has 24 heavy (non-hydrogen) atoms. The second-order valence-electron chi connectivity index (χ2n) is 6.90. The zero-order valence-corrected chi connectivity index (χ0v) is 15.1. The van der Waals surface area contributed by atoms with Gasteiger partial charge in [-0.25, -0.2) is 0 Å². The number of rotatable bonds is 1. The Morgan fingerprint density at radius 2 is 1.71 bits per heavy atom. The fourth-order valence-electron chi connectivity index (χ4n) is 3.87. The van der Waals surface area contributed by atoms with Gasteiger partial charge in [-0.1, -0.05) is 48.9 Å². The van der Waals surface area contributed by atoms with E-state index in [1.165, 1.54) is 28.0 Å². The molecular formula is C21H23ClN2. The van der Waals surface area contributed by atoms with Crippen molar-refractivity contribution in [1.82, 2.24) is 9.80 Å². The molecule has 1 saturated heterocycles. The first kappa shape index (κ1) is 15.7. The molecule has 1 heterocycles. The highest BCUT2D eigenvalue weighted by Crippen LogP contribution is 2.40. The van der Waals surface area contributed by atoms with Gasteiger partial charge < -0.3 is 9.80 Å². The molecule has 1 atom stereocenters. The molecule has 3 heteroatoms. The summed E-state index contributed by atoms with van der Waals surface area (Å²) in [4.78, 5) is 4.91. The van der Waals surface area contributed by atoms with E-state index in [9.17, 15) is 0 Å². The van der Waals surface area contributed by atoms with E-state index in [-0.39, 0.29) is 0 Å². The number of hydrogen-bond acceptors (Lipinski definition) is 2. The molecule has 0 aromatic heterocycles. The molecule has 0 saturated carbocycles. The van der Waals surface area contributed by atoms with Gasteiger partial charge in [0.1, 0.15) is 0 Å². The Morgan fingerprint density at radius 3 is 2.50 bits per heavy atom. The van der Waals surface area contributed by atoms with Crippen LogP contribution in [0.15, 0.2) is 42.5 Å². The third-order valence-corrected chi connectivity index (χ3v) is 5.59. The zero-order chi connectivity index (χ0) is 16.7. The maximum absolute atomic E-state index is 6.36. The molecular weight excluding hydrogens is 316 g/mol. The fourth-order valence-corrected chi connectivity index (χ4v) is 4.04. The average Bonchev–Trinajstić information content (AvgIpc) is 2.71. The molecule has 1 fully saturated rings. The molecule has 2 aromatic rings. The van der Waals surface area contributed by atoms with Gasteiger partial charge in [0.05, 0.1) is 0 Å². The van der Waals surface area contributed by atoms with Crippen molar-refractivity contribution in [1.29, 1.82) is 0 Å². The van der Waals surface area contributed by atoms with E-state index in [1.54, 1.807) is 0 Å². The summed E-state index contributed by atoms with van der Waals surface area (Å²) in [6.07, 6.45) is 2.36. The molecule has 2 aliphatic rings. The van der Waals surface area contributed by atoms with Crippen molar-refractivity contribution < 1.29 is 0 Å². The van der Waals surface area contributed by atoms with Gasteiger partial charge in [-0.2, -0.15) is 0 Å². The van der Waals surface area contributed by atoms with E-state index in [1.807, 2.05) is 6.07 Å². The number of halogens is 1. The van der Waals surface area contributed by atoms with Crippen LogP contribution in [0.1, 0.15) is 35.1 Å². The van der Waals surface area contributed by atoms with Gasteiger partial charge in [-0.15, -0.1) is 0 Å². The maximum atomic E-state index is 6.36. The standard InChI is InChI=1S/C21H23ClN2/c1-15-18-6-4-3-5-16(18)13-21(24-11-9-23(2)10-12-24)20-14-17(22)7-8-19(15)20/h3-8,13-15H,9-12H2,1-2H3. The summed E-state index contributed by atoms with van der Waals surface area (Å²) in [6, 6.07) is 15.1. The lowest BCUT2D eigenvalue weighted by Crippen LogP contribution is -2.43. The summed E-state index contributed by atoms with van der Waals surface area (Å²) in [5.74, 6) is 0.370. The summed E-state index contributed by atoms with van der Waals surface area (Å²) < 4.78 is 0. The molecule has 1 unspecified atom stereocenters. The SMILES string of the molecule is CC1c2ccccc2C=C(N2CCN(C)CC2)c2cc(Cl)ccc21. The van der Waals surface area contributed by atoms with Crippen molar-refractivity contribution in [3.63, 3.8) is 0 Å². The van der Waals surface area contributed by atoms with Crippen LogP contribution < -0.4 is 0 Å². The molecule has 0 bridgehead atoms. The van der Waals surface area contributed by atoms with Crippen molar-refractivity contribution in [2.45, 2.75) is 12.8 Å². The molecule has 2 aromatic carbocycles. The Hall–Kier alpha value is -1.77. The first-order valence-corrected chi connectivity index (χ1v) is 9.05. The lowest BCUT2D eigenvalue weighted by atomic mass is 9.89. The topological polar surface area (TPSA) is 6.48 Å². The molecule has 1 aliphatic carbocycles. The first-order chi connectivity index (χ1) is 11.6. The monoisotopic (exact) mass is 338 g/mol. The van der Waals surface area contributed by atoms with E-state index in [0.717, 1.165) is 31.2 Å². The Balaban J connectivity index is 1.88. The summed E-state index contributed by atoms with van der Waals surface area (Å²) in [5.41, 5.74) is 6.69.